The lowest BCUT2D eigenvalue weighted by Gasteiger charge is -2.20. The highest BCUT2D eigenvalue weighted by Gasteiger charge is 2.27. The van der Waals surface area contributed by atoms with Gasteiger partial charge in [-0.3, -0.25) is 0 Å². The molecule has 0 unspecified atom stereocenters. The summed E-state index contributed by atoms with van der Waals surface area (Å²) in [6, 6.07) is 6.96. The lowest BCUT2D eigenvalue weighted by atomic mass is 10.2. The molecule has 1 saturated carbocycles. The van der Waals surface area contributed by atoms with E-state index in [2.05, 4.69) is 46.7 Å². The second kappa shape index (κ2) is 3.36. The predicted octanol–water partition coefficient (Wildman–Crippen LogP) is 2.47. The summed E-state index contributed by atoms with van der Waals surface area (Å²) >= 11 is 2.28. The van der Waals surface area contributed by atoms with E-state index < -0.39 is 0 Å². The number of rotatable bonds is 2. The maximum Gasteiger partial charge on any atom is 0.0600 e. The minimum atomic E-state index is 0.724. The molecule has 70 valence electrons. The summed E-state index contributed by atoms with van der Waals surface area (Å²) in [4.78, 5) is 2.28. The number of nitrogens with two attached hydrogens (primary N) is 1. The van der Waals surface area contributed by atoms with Crippen molar-refractivity contribution in [2.75, 3.05) is 17.7 Å². The van der Waals surface area contributed by atoms with Gasteiger partial charge >= 0.3 is 0 Å². The number of nitrogens with zero attached hydrogens (tertiary/aromatic N) is 1. The van der Waals surface area contributed by atoms with Gasteiger partial charge < -0.3 is 10.6 Å². The number of hydrogen-bond donors (Lipinski definition) is 1. The molecule has 0 bridgehead atoms. The highest BCUT2D eigenvalue weighted by molar-refractivity contribution is 14.1. The molecule has 0 radical (unpaired) electrons. The molecule has 0 saturated heterocycles. The third-order valence-corrected chi connectivity index (χ3v) is 3.14. The molecule has 1 aliphatic carbocycles. The van der Waals surface area contributed by atoms with Crippen LogP contribution in [0.15, 0.2) is 18.2 Å². The molecular formula is C10H13IN2. The zero-order chi connectivity index (χ0) is 9.42. The Morgan fingerprint density at radius 1 is 1.46 bits per heavy atom. The van der Waals surface area contributed by atoms with E-state index in [1.807, 2.05) is 6.07 Å². The van der Waals surface area contributed by atoms with Crippen molar-refractivity contribution in [3.8, 4) is 0 Å². The van der Waals surface area contributed by atoms with Crippen LogP contribution in [0.5, 0.6) is 0 Å². The first-order chi connectivity index (χ1) is 6.18. The minimum absolute atomic E-state index is 0.724. The largest absolute Gasteiger partial charge is 0.397 e. The molecule has 3 heteroatoms. The third-order valence-electron chi connectivity index (χ3n) is 2.46. The van der Waals surface area contributed by atoms with Crippen molar-refractivity contribution < 1.29 is 0 Å². The number of anilines is 2. The van der Waals surface area contributed by atoms with Crippen molar-refractivity contribution in [3.63, 3.8) is 0 Å². The quantitative estimate of drug-likeness (QED) is 0.669. The Bertz CT molecular complexity index is 321. The molecule has 0 aliphatic heterocycles. The second-order valence-electron chi connectivity index (χ2n) is 3.55. The first-order valence-corrected chi connectivity index (χ1v) is 5.54. The van der Waals surface area contributed by atoms with E-state index in [9.17, 15) is 0 Å². The molecule has 0 aromatic heterocycles. The van der Waals surface area contributed by atoms with Crippen LogP contribution in [0.2, 0.25) is 0 Å². The van der Waals surface area contributed by atoms with E-state index in [0.29, 0.717) is 0 Å². The van der Waals surface area contributed by atoms with Crippen LogP contribution in [-0.4, -0.2) is 13.1 Å². The Morgan fingerprint density at radius 3 is 2.69 bits per heavy atom. The summed E-state index contributed by atoms with van der Waals surface area (Å²) < 4.78 is 1.20. The molecule has 1 aliphatic rings. The van der Waals surface area contributed by atoms with Crippen LogP contribution in [0.1, 0.15) is 12.8 Å². The third kappa shape index (κ3) is 1.90. The van der Waals surface area contributed by atoms with Gasteiger partial charge in [-0.15, -0.1) is 0 Å². The Hall–Kier alpha value is -0.450. The molecule has 2 rings (SSSR count). The first kappa shape index (κ1) is 9.12. The summed E-state index contributed by atoms with van der Waals surface area (Å²) in [6.07, 6.45) is 2.61. The number of nitrogen functional groups attached to an aromatic ring is 1. The topological polar surface area (TPSA) is 29.3 Å². The molecular weight excluding hydrogens is 275 g/mol. The number of hydrogen-bond acceptors (Lipinski definition) is 2. The van der Waals surface area contributed by atoms with Crippen LogP contribution in [0.3, 0.4) is 0 Å². The normalized spacial score (nSPS) is 15.8. The van der Waals surface area contributed by atoms with Crippen molar-refractivity contribution in [2.45, 2.75) is 18.9 Å². The molecule has 0 atom stereocenters. The lowest BCUT2D eigenvalue weighted by Crippen LogP contribution is -2.20. The lowest BCUT2D eigenvalue weighted by molar-refractivity contribution is 0.918. The molecule has 0 amide bonds. The Kier molecular flexibility index (Phi) is 2.36. The molecule has 2 N–H and O–H groups in total. The highest BCUT2D eigenvalue weighted by Crippen LogP contribution is 2.33. The van der Waals surface area contributed by atoms with Crippen molar-refractivity contribution in [1.29, 1.82) is 0 Å². The summed E-state index contributed by atoms with van der Waals surface area (Å²) in [5.41, 5.74) is 8.00. The average molecular weight is 288 g/mol. The van der Waals surface area contributed by atoms with Crippen LogP contribution < -0.4 is 10.6 Å². The van der Waals surface area contributed by atoms with E-state index in [4.69, 9.17) is 5.73 Å². The van der Waals surface area contributed by atoms with Crippen LogP contribution in [0, 0.1) is 3.57 Å². The molecule has 1 aromatic rings. The van der Waals surface area contributed by atoms with E-state index in [0.717, 1.165) is 11.7 Å². The zero-order valence-corrected chi connectivity index (χ0v) is 9.78. The van der Waals surface area contributed by atoms with Gasteiger partial charge in [-0.2, -0.15) is 0 Å². The van der Waals surface area contributed by atoms with Gasteiger partial charge in [0, 0.05) is 16.7 Å². The summed E-state index contributed by atoms with van der Waals surface area (Å²) in [5.74, 6) is 0. The van der Waals surface area contributed by atoms with Gasteiger partial charge in [0.2, 0.25) is 0 Å². The average Bonchev–Trinajstić information content (AvgIpc) is 2.85. The fourth-order valence-corrected chi connectivity index (χ4v) is 2.02. The number of benzene rings is 1. The van der Waals surface area contributed by atoms with Gasteiger partial charge in [0.05, 0.1) is 11.4 Å². The van der Waals surface area contributed by atoms with Gasteiger partial charge in [-0.25, -0.2) is 0 Å². The Balaban J connectivity index is 2.28. The van der Waals surface area contributed by atoms with E-state index in [-0.39, 0.29) is 0 Å². The first-order valence-electron chi connectivity index (χ1n) is 4.46. The molecule has 1 fully saturated rings. The summed E-state index contributed by atoms with van der Waals surface area (Å²) in [7, 11) is 2.12. The monoisotopic (exact) mass is 288 g/mol. The predicted molar refractivity (Wildman–Crippen MR) is 65.0 cm³/mol. The highest BCUT2D eigenvalue weighted by atomic mass is 127. The summed E-state index contributed by atoms with van der Waals surface area (Å²) in [5, 5.41) is 0. The van der Waals surface area contributed by atoms with Gasteiger partial charge in [-0.1, -0.05) is 0 Å². The zero-order valence-electron chi connectivity index (χ0n) is 7.63. The van der Waals surface area contributed by atoms with Gasteiger partial charge in [-0.05, 0) is 53.6 Å². The fraction of sp³-hybridized carbons (Fsp3) is 0.400. The SMILES string of the molecule is CN(c1ccc(I)cc1N)C1CC1. The van der Waals surface area contributed by atoms with E-state index >= 15 is 0 Å². The van der Waals surface area contributed by atoms with Gasteiger partial charge in [0.15, 0.2) is 0 Å². The van der Waals surface area contributed by atoms with Crippen molar-refractivity contribution >= 4 is 34.0 Å². The van der Waals surface area contributed by atoms with Crippen LogP contribution in [0.4, 0.5) is 11.4 Å². The maximum absolute atomic E-state index is 5.94. The van der Waals surface area contributed by atoms with Crippen LogP contribution >= 0.6 is 22.6 Å². The van der Waals surface area contributed by atoms with Crippen LogP contribution in [0.25, 0.3) is 0 Å². The molecule has 2 nitrogen and oxygen atoms in total. The molecule has 13 heavy (non-hydrogen) atoms. The summed E-state index contributed by atoms with van der Waals surface area (Å²) in [6.45, 7) is 0. The second-order valence-corrected chi connectivity index (χ2v) is 4.79. The fourth-order valence-electron chi connectivity index (χ4n) is 1.51. The smallest absolute Gasteiger partial charge is 0.0600 e. The standard InChI is InChI=1S/C10H13IN2/c1-13(8-3-4-8)10-5-2-7(11)6-9(10)12/h2,5-6,8H,3-4,12H2,1H3. The molecule has 0 heterocycles. The molecule has 1 aromatic carbocycles. The van der Waals surface area contributed by atoms with Crippen molar-refractivity contribution in [2.24, 2.45) is 0 Å². The number of halogens is 1. The Labute approximate surface area is 92.2 Å². The van der Waals surface area contributed by atoms with Gasteiger partial charge in [0.25, 0.3) is 0 Å². The van der Waals surface area contributed by atoms with Crippen LogP contribution in [-0.2, 0) is 0 Å². The minimum Gasteiger partial charge on any atom is -0.397 e. The van der Waals surface area contributed by atoms with Crippen molar-refractivity contribution in [1.82, 2.24) is 0 Å². The maximum atomic E-state index is 5.94. The van der Waals surface area contributed by atoms with Crippen molar-refractivity contribution in [3.05, 3.63) is 21.8 Å². The molecule has 0 spiro atoms. The van der Waals surface area contributed by atoms with E-state index in [1.54, 1.807) is 0 Å². The Morgan fingerprint density at radius 2 is 2.15 bits per heavy atom. The van der Waals surface area contributed by atoms with E-state index in [1.165, 1.54) is 22.1 Å². The van der Waals surface area contributed by atoms with Gasteiger partial charge in [0.1, 0.15) is 0 Å².